The minimum atomic E-state index is -0.522. The zero-order chi connectivity index (χ0) is 21.9. The van der Waals surface area contributed by atoms with Gasteiger partial charge in [-0.05, 0) is 87.8 Å². The Hall–Kier alpha value is -2.31. The molecule has 0 amide bonds. The van der Waals surface area contributed by atoms with Gasteiger partial charge in [-0.25, -0.2) is 4.79 Å². The van der Waals surface area contributed by atoms with Crippen LogP contribution < -0.4 is 10.2 Å². The van der Waals surface area contributed by atoms with Crippen molar-refractivity contribution in [1.82, 2.24) is 0 Å². The topological polar surface area (TPSA) is 54.0 Å². The van der Waals surface area contributed by atoms with Gasteiger partial charge in [-0.3, -0.25) is 0 Å². The fraction of sp³-hybridized carbons (Fsp3) is 0.458. The number of rotatable bonds is 7. The van der Waals surface area contributed by atoms with E-state index in [1.54, 1.807) is 13.2 Å². The molecule has 0 saturated carbocycles. The Bertz CT molecular complexity index is 890. The number of hydrogen-bond donors (Lipinski definition) is 0. The van der Waals surface area contributed by atoms with Gasteiger partial charge >= 0.3 is 13.1 Å². The monoisotopic (exact) mass is 410 g/mol. The average molecular weight is 410 g/mol. The van der Waals surface area contributed by atoms with Crippen LogP contribution >= 0.6 is 0 Å². The van der Waals surface area contributed by atoms with Crippen molar-refractivity contribution in [3.05, 3.63) is 59.2 Å². The van der Waals surface area contributed by atoms with Crippen molar-refractivity contribution in [1.29, 1.82) is 0 Å². The standard InChI is InChI=1S/C24H31BO5/c1-23(2)24(3,4)30-25(29-23)21-16-19(22(26)28-6)14-13-18(21)11-7-9-17-10-8-12-20(15-17)27-5/h8,10,12-16H,7,9,11H2,1-6H3. The summed E-state index contributed by atoms with van der Waals surface area (Å²) < 4.78 is 22.7. The van der Waals surface area contributed by atoms with Crippen LogP contribution in [0.3, 0.4) is 0 Å². The molecule has 1 aliphatic heterocycles. The SMILES string of the molecule is COC(=O)c1ccc(CCCc2cccc(OC)c2)c(B2OC(C)(C)C(C)(C)O2)c1. The Kier molecular flexibility index (Phi) is 6.58. The van der Waals surface area contributed by atoms with Crippen LogP contribution in [0, 0.1) is 0 Å². The molecule has 5 nitrogen and oxygen atoms in total. The number of carbonyl (C=O) groups is 1. The first-order chi connectivity index (χ1) is 14.2. The molecule has 0 spiro atoms. The summed E-state index contributed by atoms with van der Waals surface area (Å²) in [6, 6.07) is 13.8. The maximum Gasteiger partial charge on any atom is 0.495 e. The van der Waals surface area contributed by atoms with E-state index < -0.39 is 18.3 Å². The quantitative estimate of drug-likeness (QED) is 0.511. The molecule has 0 radical (unpaired) electrons. The highest BCUT2D eigenvalue weighted by atomic mass is 16.7. The summed E-state index contributed by atoms with van der Waals surface area (Å²) in [6.07, 6.45) is 2.73. The summed E-state index contributed by atoms with van der Waals surface area (Å²) in [6.45, 7) is 8.11. The summed E-state index contributed by atoms with van der Waals surface area (Å²) in [7, 11) is 2.55. The molecule has 3 rings (SSSR count). The van der Waals surface area contributed by atoms with Crippen LogP contribution in [0.15, 0.2) is 42.5 Å². The number of hydrogen-bond acceptors (Lipinski definition) is 5. The largest absolute Gasteiger partial charge is 0.497 e. The fourth-order valence-corrected chi connectivity index (χ4v) is 3.57. The maximum absolute atomic E-state index is 12.1. The van der Waals surface area contributed by atoms with Crippen LogP contribution in [-0.2, 0) is 26.9 Å². The van der Waals surface area contributed by atoms with E-state index in [0.717, 1.165) is 36.0 Å². The molecule has 30 heavy (non-hydrogen) atoms. The number of carbonyl (C=O) groups excluding carboxylic acids is 1. The van der Waals surface area contributed by atoms with E-state index in [2.05, 4.69) is 12.1 Å². The number of esters is 1. The van der Waals surface area contributed by atoms with Crippen molar-refractivity contribution >= 4 is 18.6 Å². The van der Waals surface area contributed by atoms with Crippen LogP contribution in [0.4, 0.5) is 0 Å². The number of aryl methyl sites for hydroxylation is 2. The highest BCUT2D eigenvalue weighted by Crippen LogP contribution is 2.36. The van der Waals surface area contributed by atoms with E-state index in [4.69, 9.17) is 18.8 Å². The van der Waals surface area contributed by atoms with Gasteiger partial charge in [-0.2, -0.15) is 0 Å². The molecule has 0 unspecified atom stereocenters. The minimum absolute atomic E-state index is 0.365. The van der Waals surface area contributed by atoms with Gasteiger partial charge in [-0.15, -0.1) is 0 Å². The second-order valence-corrected chi connectivity index (χ2v) is 8.70. The Balaban J connectivity index is 1.82. The van der Waals surface area contributed by atoms with Crippen LogP contribution in [0.25, 0.3) is 0 Å². The lowest BCUT2D eigenvalue weighted by atomic mass is 9.74. The Morgan fingerprint density at radius 3 is 2.30 bits per heavy atom. The van der Waals surface area contributed by atoms with Gasteiger partial charge < -0.3 is 18.8 Å². The first-order valence-electron chi connectivity index (χ1n) is 10.4. The summed E-state index contributed by atoms with van der Waals surface area (Å²) in [4.78, 5) is 12.1. The van der Waals surface area contributed by atoms with Crippen molar-refractivity contribution in [2.24, 2.45) is 0 Å². The molecule has 160 valence electrons. The molecule has 6 heteroatoms. The van der Waals surface area contributed by atoms with E-state index in [9.17, 15) is 4.79 Å². The summed E-state index contributed by atoms with van der Waals surface area (Å²) in [5.41, 5.74) is 2.84. The van der Waals surface area contributed by atoms with Crippen LogP contribution in [0.1, 0.15) is 55.6 Å². The van der Waals surface area contributed by atoms with Crippen molar-refractivity contribution in [3.63, 3.8) is 0 Å². The molecular formula is C24H31BO5. The fourth-order valence-electron chi connectivity index (χ4n) is 3.57. The normalized spacial score (nSPS) is 17.1. The summed E-state index contributed by atoms with van der Waals surface area (Å²) >= 11 is 0. The highest BCUT2D eigenvalue weighted by Gasteiger charge is 2.52. The smallest absolute Gasteiger partial charge is 0.495 e. The molecule has 0 aromatic heterocycles. The van der Waals surface area contributed by atoms with Crippen molar-refractivity contribution < 1.29 is 23.6 Å². The highest BCUT2D eigenvalue weighted by molar-refractivity contribution is 6.62. The van der Waals surface area contributed by atoms with Crippen LogP contribution in [0.2, 0.25) is 0 Å². The van der Waals surface area contributed by atoms with E-state index in [1.807, 2.05) is 52.0 Å². The predicted octanol–water partition coefficient (Wildman–Crippen LogP) is 3.96. The second-order valence-electron chi connectivity index (χ2n) is 8.70. The van der Waals surface area contributed by atoms with E-state index in [1.165, 1.54) is 12.7 Å². The van der Waals surface area contributed by atoms with Gasteiger partial charge in [0.2, 0.25) is 0 Å². The molecule has 1 aliphatic rings. The lowest BCUT2D eigenvalue weighted by Gasteiger charge is -2.32. The zero-order valence-electron chi connectivity index (χ0n) is 18.8. The Morgan fingerprint density at radius 1 is 0.967 bits per heavy atom. The van der Waals surface area contributed by atoms with Crippen molar-refractivity contribution in [2.45, 2.75) is 58.2 Å². The molecule has 1 saturated heterocycles. The minimum Gasteiger partial charge on any atom is -0.497 e. The molecule has 0 atom stereocenters. The van der Waals surface area contributed by atoms with E-state index in [-0.39, 0.29) is 5.97 Å². The van der Waals surface area contributed by atoms with Gasteiger partial charge in [0, 0.05) is 0 Å². The predicted molar refractivity (Wildman–Crippen MR) is 119 cm³/mol. The molecule has 2 aromatic carbocycles. The van der Waals surface area contributed by atoms with Crippen LogP contribution in [-0.4, -0.2) is 38.5 Å². The average Bonchev–Trinajstić information content (AvgIpc) is 2.94. The second kappa shape index (κ2) is 8.82. The summed E-state index contributed by atoms with van der Waals surface area (Å²) in [5.74, 6) is 0.503. The van der Waals surface area contributed by atoms with Crippen LogP contribution in [0.5, 0.6) is 5.75 Å². The summed E-state index contributed by atoms with van der Waals surface area (Å²) in [5, 5.41) is 0. The van der Waals surface area contributed by atoms with Crippen molar-refractivity contribution in [3.8, 4) is 5.75 Å². The van der Waals surface area contributed by atoms with Gasteiger partial charge in [0.1, 0.15) is 5.75 Å². The molecule has 0 aliphatic carbocycles. The first kappa shape index (κ1) is 22.4. The third-order valence-electron chi connectivity index (χ3n) is 6.12. The van der Waals surface area contributed by atoms with Gasteiger partial charge in [-0.1, -0.05) is 18.2 Å². The lowest BCUT2D eigenvalue weighted by Crippen LogP contribution is -2.41. The number of methoxy groups -OCH3 is 2. The molecule has 1 heterocycles. The maximum atomic E-state index is 12.1. The van der Waals surface area contributed by atoms with E-state index in [0.29, 0.717) is 5.56 Å². The lowest BCUT2D eigenvalue weighted by molar-refractivity contribution is 0.00578. The molecular weight excluding hydrogens is 379 g/mol. The van der Waals surface area contributed by atoms with Crippen molar-refractivity contribution in [2.75, 3.05) is 14.2 Å². The molecule has 2 aromatic rings. The van der Waals surface area contributed by atoms with E-state index >= 15 is 0 Å². The number of ether oxygens (including phenoxy) is 2. The third-order valence-corrected chi connectivity index (χ3v) is 6.12. The third kappa shape index (κ3) is 4.71. The van der Waals surface area contributed by atoms with Gasteiger partial charge in [0.15, 0.2) is 0 Å². The Morgan fingerprint density at radius 2 is 1.67 bits per heavy atom. The number of benzene rings is 2. The Labute approximate surface area is 179 Å². The van der Waals surface area contributed by atoms with Gasteiger partial charge in [0.05, 0.1) is 31.0 Å². The molecule has 1 fully saturated rings. The molecule has 0 bridgehead atoms. The van der Waals surface area contributed by atoms with Gasteiger partial charge in [0.25, 0.3) is 0 Å². The molecule has 0 N–H and O–H groups in total. The zero-order valence-corrected chi connectivity index (χ0v) is 18.8. The first-order valence-corrected chi connectivity index (χ1v) is 10.4.